The second-order valence-corrected chi connectivity index (χ2v) is 9.87. The van der Waals surface area contributed by atoms with Gasteiger partial charge in [-0.25, -0.2) is 4.98 Å². The van der Waals surface area contributed by atoms with E-state index in [9.17, 15) is 0 Å². The van der Waals surface area contributed by atoms with Crippen LogP contribution in [0, 0.1) is 12.8 Å². The molecule has 2 unspecified atom stereocenters. The van der Waals surface area contributed by atoms with E-state index in [2.05, 4.69) is 53.7 Å². The molecule has 1 saturated carbocycles. The number of aryl methyl sites for hydroxylation is 1. The zero-order valence-electron chi connectivity index (χ0n) is 20.0. The molecule has 2 aliphatic rings. The third-order valence-electron chi connectivity index (χ3n) is 7.77. The van der Waals surface area contributed by atoms with E-state index in [0.717, 1.165) is 49.4 Å². The van der Waals surface area contributed by atoms with E-state index in [4.69, 9.17) is 20.4 Å². The molecule has 33 heavy (non-hydrogen) atoms. The first-order valence-electron chi connectivity index (χ1n) is 12.6. The summed E-state index contributed by atoms with van der Waals surface area (Å²) in [5.41, 5.74) is 10.4. The average Bonchev–Trinajstić information content (AvgIpc) is 3.26. The van der Waals surface area contributed by atoms with E-state index in [-0.39, 0.29) is 12.1 Å². The lowest BCUT2D eigenvalue weighted by Crippen LogP contribution is -2.34. The maximum atomic E-state index is 6.61. The first kappa shape index (κ1) is 22.4. The predicted molar refractivity (Wildman–Crippen MR) is 131 cm³/mol. The van der Waals surface area contributed by atoms with Crippen molar-refractivity contribution in [1.82, 2.24) is 19.3 Å². The summed E-state index contributed by atoms with van der Waals surface area (Å²) in [5.74, 6) is 1.45. The highest BCUT2D eigenvalue weighted by Crippen LogP contribution is 2.40. The summed E-state index contributed by atoms with van der Waals surface area (Å²) in [5, 5.41) is 0. The smallest absolute Gasteiger partial charge is 0.199 e. The van der Waals surface area contributed by atoms with Crippen molar-refractivity contribution >= 4 is 5.65 Å². The lowest BCUT2D eigenvalue weighted by molar-refractivity contribution is 0.0831. The number of fused-ring (bicyclic) bond motifs is 1. The molecule has 6 heteroatoms. The summed E-state index contributed by atoms with van der Waals surface area (Å²) in [6, 6.07) is 11.0. The summed E-state index contributed by atoms with van der Waals surface area (Å²) in [4.78, 5) is 12.2. The molecular formula is C27H37N5O. The third kappa shape index (κ3) is 4.51. The molecule has 176 valence electrons. The van der Waals surface area contributed by atoms with Crippen LogP contribution < -0.4 is 10.5 Å². The predicted octanol–water partition coefficient (Wildman–Crippen LogP) is 5.22. The maximum Gasteiger partial charge on any atom is 0.199 e. The Kier molecular flexibility index (Phi) is 6.65. The van der Waals surface area contributed by atoms with Crippen LogP contribution in [0.25, 0.3) is 5.65 Å². The molecule has 2 fully saturated rings. The molecule has 0 aromatic carbocycles. The number of hydrogen-bond acceptors (Lipinski definition) is 5. The summed E-state index contributed by atoms with van der Waals surface area (Å²) in [6.45, 7) is 2.90. The molecule has 3 aromatic rings. The van der Waals surface area contributed by atoms with Gasteiger partial charge in [-0.1, -0.05) is 18.6 Å². The topological polar surface area (TPSA) is 68.7 Å². The number of imidazole rings is 1. The molecule has 0 radical (unpaired) electrons. The summed E-state index contributed by atoms with van der Waals surface area (Å²) < 4.78 is 8.76. The Morgan fingerprint density at radius 1 is 1.03 bits per heavy atom. The van der Waals surface area contributed by atoms with Crippen molar-refractivity contribution in [2.24, 2.45) is 11.7 Å². The van der Waals surface area contributed by atoms with Crippen molar-refractivity contribution in [2.75, 3.05) is 13.6 Å². The molecule has 5 rings (SSSR count). The second-order valence-electron chi connectivity index (χ2n) is 9.87. The van der Waals surface area contributed by atoms with Crippen molar-refractivity contribution in [3.63, 3.8) is 0 Å². The first-order valence-corrected chi connectivity index (χ1v) is 12.6. The Morgan fingerprint density at radius 3 is 2.73 bits per heavy atom. The van der Waals surface area contributed by atoms with Gasteiger partial charge in [-0.05, 0) is 95.1 Å². The maximum absolute atomic E-state index is 6.61. The highest BCUT2D eigenvalue weighted by molar-refractivity contribution is 5.44. The summed E-state index contributed by atoms with van der Waals surface area (Å²) >= 11 is 0. The van der Waals surface area contributed by atoms with E-state index in [1.807, 2.05) is 12.3 Å². The van der Waals surface area contributed by atoms with Gasteiger partial charge in [0.05, 0.1) is 23.5 Å². The van der Waals surface area contributed by atoms with Gasteiger partial charge < -0.3 is 10.5 Å². The standard InChI is InChI=1S/C27H37N5O/c1-19-8-7-17-29-27(19)23-11-5-10-22(31(23)2)21-18-32-25(30-21)13-6-14-26(32)33-24-12-4-3-9-20(24)15-16-28/h6-8,13-14,17-18,20,22-24H,3-5,9-12,15-16,28H2,1-2H3/t20?,22-,23+,24?/m1/s1. The number of rotatable bonds is 6. The Bertz CT molecular complexity index is 1080. The van der Waals surface area contributed by atoms with E-state index >= 15 is 0 Å². The van der Waals surface area contributed by atoms with Crippen LogP contribution in [0.15, 0.2) is 42.7 Å². The highest BCUT2D eigenvalue weighted by atomic mass is 16.5. The van der Waals surface area contributed by atoms with Gasteiger partial charge in [-0.15, -0.1) is 0 Å². The van der Waals surface area contributed by atoms with Crippen LogP contribution in [0.2, 0.25) is 0 Å². The SMILES string of the molecule is Cc1cccnc1[C@@H]1CCC[C@H](c2cn3c(OC4CCCCC4CCN)cccc3n2)N1C. The quantitative estimate of drug-likeness (QED) is 0.561. The molecule has 4 heterocycles. The van der Waals surface area contributed by atoms with Crippen LogP contribution in [-0.2, 0) is 0 Å². The molecule has 2 N–H and O–H groups in total. The zero-order chi connectivity index (χ0) is 22.8. The average molecular weight is 448 g/mol. The summed E-state index contributed by atoms with van der Waals surface area (Å²) in [7, 11) is 2.23. The number of piperidine rings is 1. The molecule has 6 nitrogen and oxygen atoms in total. The lowest BCUT2D eigenvalue weighted by Gasteiger charge is -2.39. The van der Waals surface area contributed by atoms with Crippen LogP contribution in [-0.4, -0.2) is 39.0 Å². The molecule has 4 atom stereocenters. The van der Waals surface area contributed by atoms with Gasteiger partial charge in [0.15, 0.2) is 5.88 Å². The van der Waals surface area contributed by atoms with Crippen molar-refractivity contribution in [1.29, 1.82) is 0 Å². The lowest BCUT2D eigenvalue weighted by atomic mass is 9.84. The number of ether oxygens (including phenoxy) is 1. The van der Waals surface area contributed by atoms with Gasteiger partial charge in [0.2, 0.25) is 0 Å². The molecule has 1 saturated heterocycles. The Labute approximate surface area is 197 Å². The second kappa shape index (κ2) is 9.82. The molecule has 0 amide bonds. The molecule has 3 aromatic heterocycles. The molecular weight excluding hydrogens is 410 g/mol. The van der Waals surface area contributed by atoms with Gasteiger partial charge in [0.25, 0.3) is 0 Å². The number of aromatic nitrogens is 3. The monoisotopic (exact) mass is 447 g/mol. The van der Waals surface area contributed by atoms with Gasteiger partial charge >= 0.3 is 0 Å². The Hall–Kier alpha value is -2.44. The van der Waals surface area contributed by atoms with E-state index < -0.39 is 0 Å². The molecule has 1 aliphatic carbocycles. The van der Waals surface area contributed by atoms with Crippen molar-refractivity contribution in [3.05, 3.63) is 59.7 Å². The van der Waals surface area contributed by atoms with Gasteiger partial charge in [0, 0.05) is 12.4 Å². The van der Waals surface area contributed by atoms with Gasteiger partial charge in [-0.2, -0.15) is 0 Å². The third-order valence-corrected chi connectivity index (χ3v) is 7.77. The molecule has 1 aliphatic heterocycles. The first-order chi connectivity index (χ1) is 16.2. The van der Waals surface area contributed by atoms with E-state index in [0.29, 0.717) is 12.0 Å². The fourth-order valence-electron chi connectivity index (χ4n) is 5.95. The molecule has 0 spiro atoms. The largest absolute Gasteiger partial charge is 0.475 e. The summed E-state index contributed by atoms with van der Waals surface area (Å²) in [6.07, 6.45) is 13.7. The highest BCUT2D eigenvalue weighted by Gasteiger charge is 2.33. The number of nitrogens with zero attached hydrogens (tertiary/aromatic N) is 4. The van der Waals surface area contributed by atoms with Crippen LogP contribution in [0.3, 0.4) is 0 Å². The van der Waals surface area contributed by atoms with Crippen LogP contribution in [0.1, 0.15) is 80.4 Å². The normalized spacial score (nSPS) is 26.5. The fourth-order valence-corrected chi connectivity index (χ4v) is 5.95. The van der Waals surface area contributed by atoms with Crippen LogP contribution >= 0.6 is 0 Å². The number of pyridine rings is 2. The molecule has 0 bridgehead atoms. The number of nitrogens with two attached hydrogens (primary N) is 1. The minimum absolute atomic E-state index is 0.243. The van der Waals surface area contributed by atoms with E-state index in [1.165, 1.54) is 36.9 Å². The van der Waals surface area contributed by atoms with Crippen molar-refractivity contribution in [2.45, 2.75) is 76.5 Å². The van der Waals surface area contributed by atoms with Crippen LogP contribution in [0.5, 0.6) is 5.88 Å². The van der Waals surface area contributed by atoms with Gasteiger partial charge in [-0.3, -0.25) is 14.3 Å². The van der Waals surface area contributed by atoms with E-state index in [1.54, 1.807) is 0 Å². The Balaban J connectivity index is 1.41. The van der Waals surface area contributed by atoms with Crippen molar-refractivity contribution in [3.8, 4) is 5.88 Å². The van der Waals surface area contributed by atoms with Crippen LogP contribution in [0.4, 0.5) is 0 Å². The van der Waals surface area contributed by atoms with Gasteiger partial charge in [0.1, 0.15) is 11.8 Å². The minimum Gasteiger partial charge on any atom is -0.475 e. The Morgan fingerprint density at radius 2 is 1.88 bits per heavy atom. The number of hydrogen-bond donors (Lipinski definition) is 1. The zero-order valence-corrected chi connectivity index (χ0v) is 20.0. The minimum atomic E-state index is 0.243. The van der Waals surface area contributed by atoms with Crippen molar-refractivity contribution < 1.29 is 4.74 Å². The number of likely N-dealkylation sites (tertiary alicyclic amines) is 1. The fraction of sp³-hybridized carbons (Fsp3) is 0.556.